The summed E-state index contributed by atoms with van der Waals surface area (Å²) in [7, 11) is 0. The van der Waals surface area contributed by atoms with Crippen molar-refractivity contribution in [3.63, 3.8) is 0 Å². The molecule has 0 radical (unpaired) electrons. The molecule has 1 aromatic rings. The molecule has 0 spiro atoms. The Labute approximate surface area is 85.1 Å². The first kappa shape index (κ1) is 9.71. The molecule has 1 unspecified atom stereocenters. The van der Waals surface area contributed by atoms with E-state index in [1.54, 1.807) is 0 Å². The average molecular weight is 194 g/mol. The number of rotatable bonds is 2. The lowest BCUT2D eigenvalue weighted by Crippen LogP contribution is -2.33. The van der Waals surface area contributed by atoms with E-state index < -0.39 is 0 Å². The highest BCUT2D eigenvalue weighted by Crippen LogP contribution is 2.17. The van der Waals surface area contributed by atoms with Crippen molar-refractivity contribution in [2.45, 2.75) is 33.2 Å². The second kappa shape index (κ2) is 4.13. The third-order valence-electron chi connectivity index (χ3n) is 2.80. The van der Waals surface area contributed by atoms with E-state index in [0.717, 1.165) is 23.9 Å². The molecule has 0 aromatic carbocycles. The molecule has 0 aliphatic carbocycles. The van der Waals surface area contributed by atoms with E-state index in [2.05, 4.69) is 17.0 Å². The van der Waals surface area contributed by atoms with Crippen LogP contribution in [0.5, 0.6) is 0 Å². The summed E-state index contributed by atoms with van der Waals surface area (Å²) in [5.74, 6) is 1.74. The Bertz CT molecular complexity index is 295. The van der Waals surface area contributed by atoms with Crippen LogP contribution in [0.25, 0.3) is 0 Å². The van der Waals surface area contributed by atoms with E-state index >= 15 is 0 Å². The lowest BCUT2D eigenvalue weighted by Gasteiger charge is -2.29. The third kappa shape index (κ3) is 2.35. The van der Waals surface area contributed by atoms with Gasteiger partial charge in [-0.2, -0.15) is 0 Å². The molecule has 3 heteroatoms. The second-order valence-corrected chi connectivity index (χ2v) is 4.41. The Morgan fingerprint density at radius 1 is 1.64 bits per heavy atom. The van der Waals surface area contributed by atoms with Crippen LogP contribution in [0, 0.1) is 12.8 Å². The molecule has 1 aromatic heterocycles. The van der Waals surface area contributed by atoms with E-state index in [-0.39, 0.29) is 0 Å². The van der Waals surface area contributed by atoms with Crippen LogP contribution in [0.4, 0.5) is 0 Å². The van der Waals surface area contributed by atoms with Crippen LogP contribution in [-0.2, 0) is 6.54 Å². The van der Waals surface area contributed by atoms with Crippen molar-refractivity contribution in [2.75, 3.05) is 13.1 Å². The zero-order valence-corrected chi connectivity index (χ0v) is 8.99. The molecule has 78 valence electrons. The first-order valence-corrected chi connectivity index (χ1v) is 5.38. The van der Waals surface area contributed by atoms with Crippen LogP contribution < -0.4 is 0 Å². The fourth-order valence-electron chi connectivity index (χ4n) is 2.15. The van der Waals surface area contributed by atoms with Gasteiger partial charge in [0, 0.05) is 19.2 Å². The van der Waals surface area contributed by atoms with Gasteiger partial charge in [0.05, 0.1) is 5.69 Å². The van der Waals surface area contributed by atoms with E-state index in [1.165, 1.54) is 25.9 Å². The average Bonchev–Trinajstić information content (AvgIpc) is 2.51. The third-order valence-corrected chi connectivity index (χ3v) is 2.80. The quantitative estimate of drug-likeness (QED) is 0.723. The van der Waals surface area contributed by atoms with Gasteiger partial charge in [-0.25, -0.2) is 0 Å². The second-order valence-electron chi connectivity index (χ2n) is 4.41. The Balaban J connectivity index is 1.90. The molecule has 0 saturated carbocycles. The molecule has 0 N–H and O–H groups in total. The topological polar surface area (TPSA) is 29.3 Å². The fourth-order valence-corrected chi connectivity index (χ4v) is 2.15. The number of hydrogen-bond acceptors (Lipinski definition) is 3. The summed E-state index contributed by atoms with van der Waals surface area (Å²) in [5, 5.41) is 4.02. The summed E-state index contributed by atoms with van der Waals surface area (Å²) < 4.78 is 5.06. The summed E-state index contributed by atoms with van der Waals surface area (Å²) in [5.41, 5.74) is 1.07. The highest BCUT2D eigenvalue weighted by atomic mass is 16.5. The molecular weight excluding hydrogens is 176 g/mol. The van der Waals surface area contributed by atoms with Crippen molar-refractivity contribution >= 4 is 0 Å². The first-order valence-electron chi connectivity index (χ1n) is 5.38. The molecule has 1 saturated heterocycles. The standard InChI is InChI=1S/C11H18N2O/c1-9-4-3-5-13(7-9)8-11-6-10(2)14-12-11/h6,9H,3-5,7-8H2,1-2H3. The minimum absolute atomic E-state index is 0.830. The minimum Gasteiger partial charge on any atom is -0.361 e. The van der Waals surface area contributed by atoms with Crippen LogP contribution in [0.15, 0.2) is 10.6 Å². The lowest BCUT2D eigenvalue weighted by molar-refractivity contribution is 0.172. The van der Waals surface area contributed by atoms with Gasteiger partial charge < -0.3 is 4.52 Å². The Hall–Kier alpha value is -0.830. The number of piperidine rings is 1. The Morgan fingerprint density at radius 3 is 3.14 bits per heavy atom. The van der Waals surface area contributed by atoms with E-state index in [1.807, 2.05) is 13.0 Å². The summed E-state index contributed by atoms with van der Waals surface area (Å²) in [6.45, 7) is 7.61. The molecule has 2 heterocycles. The number of nitrogens with zero attached hydrogens (tertiary/aromatic N) is 2. The van der Waals surface area contributed by atoms with Gasteiger partial charge in [0.1, 0.15) is 5.76 Å². The predicted octanol–water partition coefficient (Wildman–Crippen LogP) is 2.21. The number of likely N-dealkylation sites (tertiary alicyclic amines) is 1. The first-order chi connectivity index (χ1) is 6.74. The van der Waals surface area contributed by atoms with Crippen LogP contribution >= 0.6 is 0 Å². The van der Waals surface area contributed by atoms with Crippen LogP contribution in [-0.4, -0.2) is 23.1 Å². The SMILES string of the molecule is Cc1cc(CN2CCCC(C)C2)no1. The highest BCUT2D eigenvalue weighted by Gasteiger charge is 2.17. The predicted molar refractivity (Wildman–Crippen MR) is 54.9 cm³/mol. The van der Waals surface area contributed by atoms with Crippen molar-refractivity contribution in [2.24, 2.45) is 5.92 Å². The molecule has 14 heavy (non-hydrogen) atoms. The van der Waals surface area contributed by atoms with Gasteiger partial charge in [-0.05, 0) is 32.2 Å². The molecule has 2 rings (SSSR count). The van der Waals surface area contributed by atoms with Gasteiger partial charge >= 0.3 is 0 Å². The van der Waals surface area contributed by atoms with E-state index in [0.29, 0.717) is 0 Å². The van der Waals surface area contributed by atoms with Crippen LogP contribution in [0.1, 0.15) is 31.2 Å². The van der Waals surface area contributed by atoms with Gasteiger partial charge in [-0.1, -0.05) is 12.1 Å². The fraction of sp³-hybridized carbons (Fsp3) is 0.727. The van der Waals surface area contributed by atoms with Crippen molar-refractivity contribution < 1.29 is 4.52 Å². The molecule has 1 aliphatic rings. The highest BCUT2D eigenvalue weighted by molar-refractivity contribution is 5.03. The van der Waals surface area contributed by atoms with Crippen molar-refractivity contribution in [1.29, 1.82) is 0 Å². The number of aryl methyl sites for hydroxylation is 1. The van der Waals surface area contributed by atoms with Crippen LogP contribution in [0.2, 0.25) is 0 Å². The summed E-state index contributed by atoms with van der Waals surface area (Å²) in [6, 6.07) is 2.03. The smallest absolute Gasteiger partial charge is 0.133 e. The zero-order chi connectivity index (χ0) is 9.97. The maximum absolute atomic E-state index is 5.06. The van der Waals surface area contributed by atoms with E-state index in [9.17, 15) is 0 Å². The summed E-state index contributed by atoms with van der Waals surface area (Å²) >= 11 is 0. The molecule has 0 amide bonds. The maximum atomic E-state index is 5.06. The van der Waals surface area contributed by atoms with Gasteiger partial charge in [0.25, 0.3) is 0 Å². The molecule has 1 fully saturated rings. The van der Waals surface area contributed by atoms with Crippen molar-refractivity contribution in [1.82, 2.24) is 10.1 Å². The van der Waals surface area contributed by atoms with Crippen molar-refractivity contribution in [3.8, 4) is 0 Å². The van der Waals surface area contributed by atoms with E-state index in [4.69, 9.17) is 4.52 Å². The number of hydrogen-bond donors (Lipinski definition) is 0. The van der Waals surface area contributed by atoms with Gasteiger partial charge in [0.15, 0.2) is 0 Å². The van der Waals surface area contributed by atoms with Gasteiger partial charge in [0.2, 0.25) is 0 Å². The largest absolute Gasteiger partial charge is 0.361 e. The van der Waals surface area contributed by atoms with Gasteiger partial charge in [-0.15, -0.1) is 0 Å². The molecule has 3 nitrogen and oxygen atoms in total. The molecule has 1 aliphatic heterocycles. The van der Waals surface area contributed by atoms with Crippen molar-refractivity contribution in [3.05, 3.63) is 17.5 Å². The van der Waals surface area contributed by atoms with Gasteiger partial charge in [-0.3, -0.25) is 4.90 Å². The summed E-state index contributed by atoms with van der Waals surface area (Å²) in [6.07, 6.45) is 2.69. The molecule has 1 atom stereocenters. The Morgan fingerprint density at radius 2 is 2.50 bits per heavy atom. The monoisotopic (exact) mass is 194 g/mol. The minimum atomic E-state index is 0.830. The molecular formula is C11H18N2O. The lowest BCUT2D eigenvalue weighted by atomic mass is 10.0. The Kier molecular flexibility index (Phi) is 2.87. The summed E-state index contributed by atoms with van der Waals surface area (Å²) in [4.78, 5) is 2.46. The normalized spacial score (nSPS) is 24.0. The maximum Gasteiger partial charge on any atom is 0.133 e. The molecule has 0 bridgehead atoms. The van der Waals surface area contributed by atoms with Crippen LogP contribution in [0.3, 0.4) is 0 Å². The zero-order valence-electron chi connectivity index (χ0n) is 8.99. The number of aromatic nitrogens is 1.